The highest BCUT2D eigenvalue weighted by Gasteiger charge is 2.34. The van der Waals surface area contributed by atoms with E-state index in [0.29, 0.717) is 19.1 Å². The fourth-order valence-corrected chi connectivity index (χ4v) is 5.68. The van der Waals surface area contributed by atoms with Gasteiger partial charge in [0.05, 0.1) is 5.56 Å². The predicted molar refractivity (Wildman–Crippen MR) is 110 cm³/mol. The molecule has 2 aromatic heterocycles. The van der Waals surface area contributed by atoms with Crippen LogP contribution in [0.1, 0.15) is 31.2 Å². The minimum atomic E-state index is -4.41. The molecule has 2 aliphatic rings. The van der Waals surface area contributed by atoms with E-state index in [9.17, 15) is 21.6 Å². The average Bonchev–Trinajstić information content (AvgIpc) is 2.80. The molecule has 4 rings (SSSR count). The maximum atomic E-state index is 12.8. The molecule has 0 saturated carbocycles. The summed E-state index contributed by atoms with van der Waals surface area (Å²) in [6.07, 6.45) is 2.21. The number of rotatable bonds is 5. The smallest absolute Gasteiger partial charge is 0.417 e. The number of sulfonamides is 1. The van der Waals surface area contributed by atoms with Gasteiger partial charge in [-0.2, -0.15) is 17.5 Å². The van der Waals surface area contributed by atoms with E-state index in [1.54, 1.807) is 18.3 Å². The summed E-state index contributed by atoms with van der Waals surface area (Å²) in [7, 11) is -3.52. The number of likely N-dealkylation sites (tertiary alicyclic amines) is 1. The molecule has 0 bridgehead atoms. The summed E-state index contributed by atoms with van der Waals surface area (Å²) in [4.78, 5) is 10.3. The number of ether oxygens (including phenoxy) is 1. The Morgan fingerprint density at radius 3 is 2.25 bits per heavy atom. The normalized spacial score (nSPS) is 20.3. The van der Waals surface area contributed by atoms with Crippen LogP contribution in [0.15, 0.2) is 47.8 Å². The number of pyridine rings is 2. The number of nitrogens with zero attached hydrogens (tertiary/aromatic N) is 4. The van der Waals surface area contributed by atoms with Gasteiger partial charge in [0.2, 0.25) is 15.9 Å². The molecular weight excluding hydrogens is 445 g/mol. The number of alkyl halides is 3. The highest BCUT2D eigenvalue weighted by atomic mass is 32.2. The topological polar surface area (TPSA) is 75.6 Å². The molecular formula is C21H25F3N4O3S. The lowest BCUT2D eigenvalue weighted by Crippen LogP contribution is -2.50. The van der Waals surface area contributed by atoms with Crippen molar-refractivity contribution in [2.45, 2.75) is 48.9 Å². The number of hydrogen-bond donors (Lipinski definition) is 0. The van der Waals surface area contributed by atoms with Gasteiger partial charge in [0.25, 0.3) is 0 Å². The van der Waals surface area contributed by atoms with Gasteiger partial charge < -0.3 is 9.64 Å². The van der Waals surface area contributed by atoms with Crippen LogP contribution in [0.25, 0.3) is 0 Å². The van der Waals surface area contributed by atoms with E-state index in [2.05, 4.69) is 14.9 Å². The standard InChI is InChI=1S/C21H25F3N4O3S/c22-21(23,24)16-3-4-20(26-14-16)31-18-7-10-27(11-8-18)17-5-12-28(13-6-17)32(29,30)19-2-1-9-25-15-19/h1-4,9,14-15,17-18H,5-8,10-13H2. The first-order valence-electron chi connectivity index (χ1n) is 10.6. The summed E-state index contributed by atoms with van der Waals surface area (Å²) in [6, 6.07) is 5.72. The van der Waals surface area contributed by atoms with Crippen molar-refractivity contribution in [1.29, 1.82) is 0 Å². The Hall–Kier alpha value is -2.24. The van der Waals surface area contributed by atoms with E-state index >= 15 is 0 Å². The second-order valence-corrected chi connectivity index (χ2v) is 10.00. The van der Waals surface area contributed by atoms with Gasteiger partial charge in [0.15, 0.2) is 0 Å². The van der Waals surface area contributed by atoms with Crippen molar-refractivity contribution in [2.24, 2.45) is 0 Å². The van der Waals surface area contributed by atoms with Crippen LogP contribution in [0.3, 0.4) is 0 Å². The van der Waals surface area contributed by atoms with Crippen LogP contribution in [0.2, 0.25) is 0 Å². The van der Waals surface area contributed by atoms with Crippen LogP contribution in [0, 0.1) is 0 Å². The quantitative estimate of drug-likeness (QED) is 0.668. The van der Waals surface area contributed by atoms with Crippen molar-refractivity contribution < 1.29 is 26.3 Å². The number of halogens is 3. The molecule has 2 aromatic rings. The molecule has 174 valence electrons. The number of aromatic nitrogens is 2. The Morgan fingerprint density at radius 2 is 1.69 bits per heavy atom. The molecule has 32 heavy (non-hydrogen) atoms. The lowest BCUT2D eigenvalue weighted by atomic mass is 10.00. The third kappa shape index (κ3) is 5.21. The summed E-state index contributed by atoms with van der Waals surface area (Å²) >= 11 is 0. The molecule has 2 aliphatic heterocycles. The van der Waals surface area contributed by atoms with E-state index in [4.69, 9.17) is 4.74 Å². The van der Waals surface area contributed by atoms with Gasteiger partial charge in [-0.1, -0.05) is 0 Å². The Labute approximate surface area is 185 Å². The summed E-state index contributed by atoms with van der Waals surface area (Å²) in [5.74, 6) is 0.199. The van der Waals surface area contributed by atoms with Gasteiger partial charge in [-0.15, -0.1) is 0 Å². The molecule has 0 unspecified atom stereocenters. The summed E-state index contributed by atoms with van der Waals surface area (Å²) in [5.41, 5.74) is -0.795. The van der Waals surface area contributed by atoms with Crippen molar-refractivity contribution in [3.8, 4) is 5.88 Å². The zero-order chi connectivity index (χ0) is 22.8. The van der Waals surface area contributed by atoms with Crippen LogP contribution in [-0.2, 0) is 16.2 Å². The minimum absolute atomic E-state index is 0.0958. The molecule has 0 aromatic carbocycles. The molecule has 0 N–H and O–H groups in total. The van der Waals surface area contributed by atoms with Crippen LogP contribution in [0.4, 0.5) is 13.2 Å². The molecule has 0 amide bonds. The van der Waals surface area contributed by atoms with E-state index in [0.717, 1.165) is 51.0 Å². The molecule has 0 aliphatic carbocycles. The fourth-order valence-electron chi connectivity index (χ4n) is 4.24. The Balaban J connectivity index is 1.25. The van der Waals surface area contributed by atoms with Gasteiger partial charge in [-0.05, 0) is 43.9 Å². The Morgan fingerprint density at radius 1 is 0.969 bits per heavy atom. The van der Waals surface area contributed by atoms with Gasteiger partial charge >= 0.3 is 6.18 Å². The van der Waals surface area contributed by atoms with Gasteiger partial charge in [-0.3, -0.25) is 4.98 Å². The molecule has 2 fully saturated rings. The van der Waals surface area contributed by atoms with Crippen molar-refractivity contribution in [3.63, 3.8) is 0 Å². The molecule has 0 spiro atoms. The zero-order valence-electron chi connectivity index (χ0n) is 17.4. The van der Waals surface area contributed by atoms with E-state index in [1.807, 2.05) is 0 Å². The van der Waals surface area contributed by atoms with Crippen molar-refractivity contribution in [1.82, 2.24) is 19.2 Å². The minimum Gasteiger partial charge on any atom is -0.474 e. The molecule has 0 atom stereocenters. The summed E-state index contributed by atoms with van der Waals surface area (Å²) in [6.45, 7) is 2.53. The predicted octanol–water partition coefficient (Wildman–Crippen LogP) is 3.19. The number of piperidine rings is 2. The Bertz CT molecular complexity index is 987. The van der Waals surface area contributed by atoms with Crippen LogP contribution in [0.5, 0.6) is 5.88 Å². The SMILES string of the molecule is O=S(=O)(c1cccnc1)N1CCC(N2CCC(Oc3ccc(C(F)(F)F)cn3)CC2)CC1. The molecule has 2 saturated heterocycles. The van der Waals surface area contributed by atoms with E-state index < -0.39 is 21.8 Å². The third-order valence-corrected chi connectivity index (χ3v) is 7.92. The highest BCUT2D eigenvalue weighted by Crippen LogP contribution is 2.30. The first kappa shape index (κ1) is 22.9. The van der Waals surface area contributed by atoms with E-state index in [1.165, 1.54) is 16.6 Å². The van der Waals surface area contributed by atoms with Crippen molar-refractivity contribution >= 4 is 10.0 Å². The lowest BCUT2D eigenvalue weighted by Gasteiger charge is -2.41. The average molecular weight is 471 g/mol. The van der Waals surface area contributed by atoms with Gasteiger partial charge in [0.1, 0.15) is 11.0 Å². The third-order valence-electron chi connectivity index (χ3n) is 6.04. The molecule has 7 nitrogen and oxygen atoms in total. The second kappa shape index (κ2) is 9.32. The van der Waals surface area contributed by atoms with Gasteiger partial charge in [-0.25, -0.2) is 13.4 Å². The highest BCUT2D eigenvalue weighted by molar-refractivity contribution is 7.89. The number of hydrogen-bond acceptors (Lipinski definition) is 6. The summed E-state index contributed by atoms with van der Waals surface area (Å²) < 4.78 is 70.7. The van der Waals surface area contributed by atoms with Crippen LogP contribution >= 0.6 is 0 Å². The molecule has 11 heteroatoms. The first-order valence-corrected chi connectivity index (χ1v) is 12.0. The van der Waals surface area contributed by atoms with Gasteiger partial charge in [0, 0.05) is 56.9 Å². The lowest BCUT2D eigenvalue weighted by molar-refractivity contribution is -0.137. The Kier molecular flexibility index (Phi) is 6.68. The summed E-state index contributed by atoms with van der Waals surface area (Å²) in [5, 5.41) is 0. The van der Waals surface area contributed by atoms with Crippen molar-refractivity contribution in [2.75, 3.05) is 26.2 Å². The second-order valence-electron chi connectivity index (χ2n) is 8.06. The monoisotopic (exact) mass is 470 g/mol. The van der Waals surface area contributed by atoms with E-state index in [-0.39, 0.29) is 16.9 Å². The van der Waals surface area contributed by atoms with Crippen LogP contribution < -0.4 is 4.74 Å². The van der Waals surface area contributed by atoms with Crippen LogP contribution in [-0.4, -0.2) is 65.9 Å². The molecule has 0 radical (unpaired) electrons. The fraction of sp³-hybridized carbons (Fsp3) is 0.524. The van der Waals surface area contributed by atoms with Crippen molar-refractivity contribution in [3.05, 3.63) is 48.4 Å². The zero-order valence-corrected chi connectivity index (χ0v) is 18.2. The molecule has 4 heterocycles. The maximum absolute atomic E-state index is 12.8. The first-order chi connectivity index (χ1) is 15.2. The largest absolute Gasteiger partial charge is 0.474 e. The maximum Gasteiger partial charge on any atom is 0.417 e.